The van der Waals surface area contributed by atoms with Crippen molar-refractivity contribution in [1.82, 2.24) is 10.3 Å². The quantitative estimate of drug-likeness (QED) is 0.837. The van der Waals surface area contributed by atoms with Crippen LogP contribution in [0, 0.1) is 0 Å². The van der Waals surface area contributed by atoms with Gasteiger partial charge in [-0.15, -0.1) is 0 Å². The van der Waals surface area contributed by atoms with E-state index in [9.17, 15) is 9.90 Å². The summed E-state index contributed by atoms with van der Waals surface area (Å²) >= 11 is 0. The maximum Gasteiger partial charge on any atom is 0.255 e. The minimum Gasteiger partial charge on any atom is -0.393 e. The Labute approximate surface area is 113 Å². The lowest BCUT2D eigenvalue weighted by molar-refractivity contribution is 0.0946. The molecule has 5 heteroatoms. The SMILES string of the molecule is CC(O)CCNC(=O)c1cccnc1N1CCCC1. The minimum absolute atomic E-state index is 0.115. The van der Waals surface area contributed by atoms with Gasteiger partial charge in [0.05, 0.1) is 11.7 Å². The van der Waals surface area contributed by atoms with Crippen LogP contribution in [-0.4, -0.2) is 41.7 Å². The number of pyridine rings is 1. The summed E-state index contributed by atoms with van der Waals surface area (Å²) < 4.78 is 0. The van der Waals surface area contributed by atoms with Crippen molar-refractivity contribution in [2.75, 3.05) is 24.5 Å². The molecule has 5 nitrogen and oxygen atoms in total. The number of carbonyl (C=O) groups excluding carboxylic acids is 1. The highest BCUT2D eigenvalue weighted by Gasteiger charge is 2.20. The fourth-order valence-corrected chi connectivity index (χ4v) is 2.24. The van der Waals surface area contributed by atoms with Gasteiger partial charge in [0.25, 0.3) is 5.91 Å². The van der Waals surface area contributed by atoms with Gasteiger partial charge < -0.3 is 15.3 Å². The van der Waals surface area contributed by atoms with Crippen LogP contribution in [0.4, 0.5) is 5.82 Å². The van der Waals surface area contributed by atoms with Crippen molar-refractivity contribution in [2.24, 2.45) is 0 Å². The van der Waals surface area contributed by atoms with E-state index >= 15 is 0 Å². The first-order chi connectivity index (χ1) is 9.18. The summed E-state index contributed by atoms with van der Waals surface area (Å²) in [6.07, 6.45) is 4.19. The fourth-order valence-electron chi connectivity index (χ4n) is 2.24. The van der Waals surface area contributed by atoms with Crippen molar-refractivity contribution >= 4 is 11.7 Å². The van der Waals surface area contributed by atoms with Crippen LogP contribution in [0.5, 0.6) is 0 Å². The van der Waals surface area contributed by atoms with E-state index in [1.54, 1.807) is 25.3 Å². The van der Waals surface area contributed by atoms with Crippen molar-refractivity contribution in [3.63, 3.8) is 0 Å². The summed E-state index contributed by atoms with van der Waals surface area (Å²) in [5, 5.41) is 12.0. The van der Waals surface area contributed by atoms with Gasteiger partial charge in [-0.05, 0) is 38.3 Å². The van der Waals surface area contributed by atoms with E-state index in [0.29, 0.717) is 18.5 Å². The molecule has 1 fully saturated rings. The molecule has 1 aromatic heterocycles. The highest BCUT2D eigenvalue weighted by Crippen LogP contribution is 2.21. The Balaban J connectivity index is 2.04. The maximum absolute atomic E-state index is 12.1. The predicted molar refractivity (Wildman–Crippen MR) is 74.3 cm³/mol. The molecule has 0 saturated carbocycles. The Morgan fingerprint density at radius 2 is 2.26 bits per heavy atom. The number of aliphatic hydroxyl groups is 1. The summed E-state index contributed by atoms with van der Waals surface area (Å²) in [5.41, 5.74) is 0.620. The van der Waals surface area contributed by atoms with Crippen LogP contribution in [0.15, 0.2) is 18.3 Å². The monoisotopic (exact) mass is 263 g/mol. The van der Waals surface area contributed by atoms with Crippen molar-refractivity contribution < 1.29 is 9.90 Å². The van der Waals surface area contributed by atoms with Crippen molar-refractivity contribution in [3.8, 4) is 0 Å². The normalized spacial score (nSPS) is 16.4. The molecule has 1 aliphatic rings. The molecule has 1 aromatic rings. The molecule has 0 aromatic carbocycles. The molecule has 1 aliphatic heterocycles. The lowest BCUT2D eigenvalue weighted by Crippen LogP contribution is -2.29. The molecule has 1 amide bonds. The smallest absolute Gasteiger partial charge is 0.255 e. The van der Waals surface area contributed by atoms with Crippen LogP contribution >= 0.6 is 0 Å². The Morgan fingerprint density at radius 3 is 2.95 bits per heavy atom. The highest BCUT2D eigenvalue weighted by atomic mass is 16.3. The Morgan fingerprint density at radius 1 is 1.53 bits per heavy atom. The summed E-state index contributed by atoms with van der Waals surface area (Å²) in [6, 6.07) is 3.58. The molecular weight excluding hydrogens is 242 g/mol. The number of hydrogen-bond donors (Lipinski definition) is 2. The number of nitrogens with one attached hydrogen (secondary N) is 1. The number of aliphatic hydroxyl groups excluding tert-OH is 1. The van der Waals surface area contributed by atoms with E-state index in [1.807, 2.05) is 0 Å². The average molecular weight is 263 g/mol. The van der Waals surface area contributed by atoms with Gasteiger partial charge in [0.15, 0.2) is 0 Å². The molecule has 104 valence electrons. The average Bonchev–Trinajstić information content (AvgIpc) is 2.92. The molecule has 1 saturated heterocycles. The van der Waals surface area contributed by atoms with Crippen LogP contribution in [0.1, 0.15) is 36.5 Å². The lowest BCUT2D eigenvalue weighted by atomic mass is 10.2. The van der Waals surface area contributed by atoms with E-state index < -0.39 is 6.10 Å². The standard InChI is InChI=1S/C14H21N3O2/c1-11(18)6-8-16-14(19)12-5-4-7-15-13(12)17-9-2-3-10-17/h4-5,7,11,18H,2-3,6,8-10H2,1H3,(H,16,19). The van der Waals surface area contributed by atoms with Crippen LogP contribution in [0.3, 0.4) is 0 Å². The maximum atomic E-state index is 12.1. The molecule has 2 rings (SSSR count). The van der Waals surface area contributed by atoms with E-state index in [1.165, 1.54) is 0 Å². The summed E-state index contributed by atoms with van der Waals surface area (Å²) in [4.78, 5) is 18.6. The number of rotatable bonds is 5. The van der Waals surface area contributed by atoms with Gasteiger partial charge in [-0.3, -0.25) is 4.79 Å². The van der Waals surface area contributed by atoms with Crippen molar-refractivity contribution in [1.29, 1.82) is 0 Å². The van der Waals surface area contributed by atoms with Gasteiger partial charge in [-0.1, -0.05) is 0 Å². The highest BCUT2D eigenvalue weighted by molar-refractivity contribution is 5.98. The zero-order chi connectivity index (χ0) is 13.7. The number of anilines is 1. The molecule has 1 atom stereocenters. The third-order valence-corrected chi connectivity index (χ3v) is 3.28. The second kappa shape index (κ2) is 6.52. The first-order valence-corrected chi connectivity index (χ1v) is 6.84. The molecule has 2 heterocycles. The van der Waals surface area contributed by atoms with Gasteiger partial charge >= 0.3 is 0 Å². The molecular formula is C14H21N3O2. The van der Waals surface area contributed by atoms with E-state index in [4.69, 9.17) is 0 Å². The summed E-state index contributed by atoms with van der Waals surface area (Å²) in [5.74, 6) is 0.658. The molecule has 0 spiro atoms. The van der Waals surface area contributed by atoms with Gasteiger partial charge in [-0.25, -0.2) is 4.98 Å². The third kappa shape index (κ3) is 3.67. The summed E-state index contributed by atoms with van der Waals surface area (Å²) in [7, 11) is 0. The molecule has 19 heavy (non-hydrogen) atoms. The van der Waals surface area contributed by atoms with E-state index in [2.05, 4.69) is 15.2 Å². The molecule has 1 unspecified atom stereocenters. The number of nitrogens with zero attached hydrogens (tertiary/aromatic N) is 2. The Bertz CT molecular complexity index is 428. The third-order valence-electron chi connectivity index (χ3n) is 3.28. The first-order valence-electron chi connectivity index (χ1n) is 6.84. The zero-order valence-corrected chi connectivity index (χ0v) is 11.3. The minimum atomic E-state index is -0.396. The van der Waals surface area contributed by atoms with Gasteiger partial charge in [0.2, 0.25) is 0 Å². The molecule has 0 radical (unpaired) electrons. The molecule has 0 bridgehead atoms. The van der Waals surface area contributed by atoms with Crippen LogP contribution in [0.25, 0.3) is 0 Å². The number of hydrogen-bond acceptors (Lipinski definition) is 4. The van der Waals surface area contributed by atoms with Crippen LogP contribution in [0.2, 0.25) is 0 Å². The Kier molecular flexibility index (Phi) is 4.74. The topological polar surface area (TPSA) is 65.5 Å². The summed E-state index contributed by atoms with van der Waals surface area (Å²) in [6.45, 7) is 4.12. The van der Waals surface area contributed by atoms with Crippen molar-refractivity contribution in [3.05, 3.63) is 23.9 Å². The molecule has 0 aliphatic carbocycles. The number of amides is 1. The number of carbonyl (C=O) groups is 1. The Hall–Kier alpha value is -1.62. The fraction of sp³-hybridized carbons (Fsp3) is 0.571. The van der Waals surface area contributed by atoms with E-state index in [-0.39, 0.29) is 5.91 Å². The second-order valence-electron chi connectivity index (χ2n) is 4.96. The molecule has 2 N–H and O–H groups in total. The van der Waals surface area contributed by atoms with Crippen LogP contribution < -0.4 is 10.2 Å². The first kappa shape index (κ1) is 13.8. The van der Waals surface area contributed by atoms with Crippen LogP contribution in [-0.2, 0) is 0 Å². The van der Waals surface area contributed by atoms with Gasteiger partial charge in [0, 0.05) is 25.8 Å². The zero-order valence-electron chi connectivity index (χ0n) is 11.3. The van der Waals surface area contributed by atoms with Gasteiger partial charge in [0.1, 0.15) is 5.82 Å². The lowest BCUT2D eigenvalue weighted by Gasteiger charge is -2.19. The van der Waals surface area contributed by atoms with E-state index in [0.717, 1.165) is 31.7 Å². The predicted octanol–water partition coefficient (Wildman–Crippen LogP) is 1.18. The van der Waals surface area contributed by atoms with Crippen molar-refractivity contribution in [2.45, 2.75) is 32.3 Å². The largest absolute Gasteiger partial charge is 0.393 e. The second-order valence-corrected chi connectivity index (χ2v) is 4.96. The number of aromatic nitrogens is 1. The van der Waals surface area contributed by atoms with Gasteiger partial charge in [-0.2, -0.15) is 0 Å².